The van der Waals surface area contributed by atoms with Gasteiger partial charge in [-0.15, -0.1) is 0 Å². The van der Waals surface area contributed by atoms with Gasteiger partial charge in [0.15, 0.2) is 11.6 Å². The van der Waals surface area contributed by atoms with E-state index in [0.29, 0.717) is 17.8 Å². The average Bonchev–Trinajstić information content (AvgIpc) is 2.68. The van der Waals surface area contributed by atoms with Crippen LogP contribution in [0.3, 0.4) is 0 Å². The molecule has 0 aliphatic heterocycles. The second-order valence-corrected chi connectivity index (χ2v) is 6.96. The lowest BCUT2D eigenvalue weighted by atomic mass is 10.1. The van der Waals surface area contributed by atoms with Gasteiger partial charge in [-0.1, -0.05) is 32.0 Å². The van der Waals surface area contributed by atoms with E-state index in [-0.39, 0.29) is 17.9 Å². The van der Waals surface area contributed by atoms with Crippen LogP contribution < -0.4 is 10.6 Å². The standard InChI is InChI=1S/C21H25F2N3O2/c1-13(2)20(27)25-17-8-5-15(6-9-17)12-24-21(28)26(4)14(3)16-7-10-18(22)19(23)11-16/h5-11,13-14H,12H2,1-4H3,(H,24,28)(H,25,27)/t14-/m1/s1. The summed E-state index contributed by atoms with van der Waals surface area (Å²) in [6.45, 7) is 5.67. The molecule has 0 aromatic heterocycles. The van der Waals surface area contributed by atoms with Gasteiger partial charge in [0.25, 0.3) is 0 Å². The molecular formula is C21H25F2N3O2. The minimum absolute atomic E-state index is 0.0612. The molecule has 0 heterocycles. The van der Waals surface area contributed by atoms with Crippen LogP contribution >= 0.6 is 0 Å². The Bertz CT molecular complexity index is 838. The number of urea groups is 1. The first kappa shape index (κ1) is 21.3. The average molecular weight is 389 g/mol. The zero-order chi connectivity index (χ0) is 20.8. The molecule has 0 bridgehead atoms. The molecule has 0 unspecified atom stereocenters. The molecule has 0 radical (unpaired) electrons. The predicted molar refractivity (Wildman–Crippen MR) is 105 cm³/mol. The minimum Gasteiger partial charge on any atom is -0.334 e. The Morgan fingerprint density at radius 3 is 2.21 bits per heavy atom. The Balaban J connectivity index is 1.91. The summed E-state index contributed by atoms with van der Waals surface area (Å²) in [5.74, 6) is -2.03. The summed E-state index contributed by atoms with van der Waals surface area (Å²) in [4.78, 5) is 25.5. The summed E-state index contributed by atoms with van der Waals surface area (Å²) >= 11 is 0. The van der Waals surface area contributed by atoms with Gasteiger partial charge in [-0.2, -0.15) is 0 Å². The van der Waals surface area contributed by atoms with Gasteiger partial charge in [0, 0.05) is 25.2 Å². The Kier molecular flexibility index (Phi) is 7.09. The van der Waals surface area contributed by atoms with Crippen molar-refractivity contribution in [1.29, 1.82) is 0 Å². The molecule has 2 rings (SSSR count). The smallest absolute Gasteiger partial charge is 0.317 e. The van der Waals surface area contributed by atoms with Gasteiger partial charge in [-0.3, -0.25) is 4.79 Å². The number of hydrogen-bond acceptors (Lipinski definition) is 2. The molecule has 0 saturated carbocycles. The normalized spacial score (nSPS) is 11.8. The maximum Gasteiger partial charge on any atom is 0.317 e. The minimum atomic E-state index is -0.942. The van der Waals surface area contributed by atoms with Crippen molar-refractivity contribution in [3.63, 3.8) is 0 Å². The maximum absolute atomic E-state index is 13.4. The quantitative estimate of drug-likeness (QED) is 0.766. The molecular weight excluding hydrogens is 364 g/mol. The summed E-state index contributed by atoms with van der Waals surface area (Å²) in [5, 5.41) is 5.59. The van der Waals surface area contributed by atoms with E-state index in [4.69, 9.17) is 0 Å². The van der Waals surface area contributed by atoms with Crippen LogP contribution in [0.15, 0.2) is 42.5 Å². The Morgan fingerprint density at radius 1 is 1.00 bits per heavy atom. The van der Waals surface area contributed by atoms with Gasteiger partial charge in [0.1, 0.15) is 0 Å². The van der Waals surface area contributed by atoms with Crippen LogP contribution in [0.1, 0.15) is 37.9 Å². The molecule has 3 amide bonds. The van der Waals surface area contributed by atoms with Crippen molar-refractivity contribution >= 4 is 17.6 Å². The number of rotatable bonds is 6. The summed E-state index contributed by atoms with van der Waals surface area (Å²) in [5.41, 5.74) is 2.06. The van der Waals surface area contributed by atoms with Gasteiger partial charge in [-0.05, 0) is 42.3 Å². The third-order valence-electron chi connectivity index (χ3n) is 4.52. The lowest BCUT2D eigenvalue weighted by Gasteiger charge is -2.25. The van der Waals surface area contributed by atoms with Crippen molar-refractivity contribution in [2.24, 2.45) is 5.92 Å². The van der Waals surface area contributed by atoms with Gasteiger partial charge >= 0.3 is 6.03 Å². The van der Waals surface area contributed by atoms with Crippen LogP contribution in [-0.2, 0) is 11.3 Å². The summed E-state index contributed by atoms with van der Waals surface area (Å²) in [7, 11) is 1.59. The zero-order valence-corrected chi connectivity index (χ0v) is 16.4. The second kappa shape index (κ2) is 9.30. The lowest BCUT2D eigenvalue weighted by Crippen LogP contribution is -2.38. The van der Waals surface area contributed by atoms with E-state index in [9.17, 15) is 18.4 Å². The van der Waals surface area contributed by atoms with Crippen LogP contribution in [0.4, 0.5) is 19.3 Å². The number of anilines is 1. The predicted octanol–water partition coefficient (Wildman–Crippen LogP) is 4.46. The number of halogens is 2. The molecule has 0 saturated heterocycles. The molecule has 2 aromatic rings. The summed E-state index contributed by atoms with van der Waals surface area (Å²) in [6, 6.07) is 10.0. The molecule has 2 N–H and O–H groups in total. The Morgan fingerprint density at radius 2 is 1.64 bits per heavy atom. The van der Waals surface area contributed by atoms with Crippen LogP contribution in [0.5, 0.6) is 0 Å². The number of nitrogens with one attached hydrogen (secondary N) is 2. The van der Waals surface area contributed by atoms with Crippen LogP contribution in [0, 0.1) is 17.6 Å². The second-order valence-electron chi connectivity index (χ2n) is 6.96. The highest BCUT2D eigenvalue weighted by Gasteiger charge is 2.18. The lowest BCUT2D eigenvalue weighted by molar-refractivity contribution is -0.118. The first-order chi connectivity index (χ1) is 13.2. The topological polar surface area (TPSA) is 61.4 Å². The highest BCUT2D eigenvalue weighted by atomic mass is 19.2. The Hall–Kier alpha value is -2.96. The molecule has 2 aromatic carbocycles. The summed E-state index contributed by atoms with van der Waals surface area (Å²) in [6.07, 6.45) is 0. The fraction of sp³-hybridized carbons (Fsp3) is 0.333. The number of carbonyl (C=O) groups is 2. The number of amides is 3. The highest BCUT2D eigenvalue weighted by Crippen LogP contribution is 2.21. The molecule has 5 nitrogen and oxygen atoms in total. The van der Waals surface area contributed by atoms with E-state index in [2.05, 4.69) is 10.6 Å². The third kappa shape index (κ3) is 5.52. The van der Waals surface area contributed by atoms with Crippen molar-refractivity contribution in [2.45, 2.75) is 33.4 Å². The monoisotopic (exact) mass is 389 g/mol. The van der Waals surface area contributed by atoms with Crippen molar-refractivity contribution in [3.05, 3.63) is 65.2 Å². The molecule has 0 spiro atoms. The maximum atomic E-state index is 13.4. The number of nitrogens with zero attached hydrogens (tertiary/aromatic N) is 1. The fourth-order valence-corrected chi connectivity index (χ4v) is 2.47. The number of benzene rings is 2. The van der Waals surface area contributed by atoms with E-state index in [1.807, 2.05) is 26.0 Å². The highest BCUT2D eigenvalue weighted by molar-refractivity contribution is 5.92. The molecule has 7 heteroatoms. The van der Waals surface area contributed by atoms with Gasteiger partial charge in [0.05, 0.1) is 6.04 Å². The molecule has 0 fully saturated rings. The van der Waals surface area contributed by atoms with Crippen molar-refractivity contribution in [1.82, 2.24) is 10.2 Å². The van der Waals surface area contributed by atoms with Gasteiger partial charge in [0.2, 0.25) is 5.91 Å². The molecule has 150 valence electrons. The van der Waals surface area contributed by atoms with Crippen LogP contribution in [0.2, 0.25) is 0 Å². The zero-order valence-electron chi connectivity index (χ0n) is 16.4. The first-order valence-electron chi connectivity index (χ1n) is 9.04. The van der Waals surface area contributed by atoms with Crippen LogP contribution in [0.25, 0.3) is 0 Å². The van der Waals surface area contributed by atoms with Gasteiger partial charge < -0.3 is 15.5 Å². The third-order valence-corrected chi connectivity index (χ3v) is 4.52. The SMILES string of the molecule is CC(C)C(=O)Nc1ccc(CNC(=O)N(C)[C@H](C)c2ccc(F)c(F)c2)cc1. The van der Waals surface area contributed by atoms with E-state index in [0.717, 1.165) is 17.7 Å². The van der Waals surface area contributed by atoms with Crippen LogP contribution in [-0.4, -0.2) is 23.9 Å². The van der Waals surface area contributed by atoms with Crippen molar-refractivity contribution in [2.75, 3.05) is 12.4 Å². The fourth-order valence-electron chi connectivity index (χ4n) is 2.47. The van der Waals surface area contributed by atoms with E-state index >= 15 is 0 Å². The molecule has 0 aliphatic carbocycles. The largest absolute Gasteiger partial charge is 0.334 e. The molecule has 1 atom stereocenters. The first-order valence-corrected chi connectivity index (χ1v) is 9.04. The molecule has 28 heavy (non-hydrogen) atoms. The number of hydrogen-bond donors (Lipinski definition) is 2. The van der Waals surface area contributed by atoms with E-state index < -0.39 is 17.7 Å². The number of carbonyl (C=O) groups excluding carboxylic acids is 2. The van der Waals surface area contributed by atoms with E-state index in [1.165, 1.54) is 11.0 Å². The van der Waals surface area contributed by atoms with Crippen molar-refractivity contribution < 1.29 is 18.4 Å². The van der Waals surface area contributed by atoms with Crippen molar-refractivity contribution in [3.8, 4) is 0 Å². The summed E-state index contributed by atoms with van der Waals surface area (Å²) < 4.78 is 26.5. The molecule has 0 aliphatic rings. The van der Waals surface area contributed by atoms with Gasteiger partial charge in [-0.25, -0.2) is 13.6 Å². The van der Waals surface area contributed by atoms with E-state index in [1.54, 1.807) is 26.1 Å². The Labute approximate surface area is 163 Å².